The molecule has 0 saturated carbocycles. The zero-order chi connectivity index (χ0) is 10.6. The van der Waals surface area contributed by atoms with Crippen LogP contribution in [0.25, 0.3) is 0 Å². The maximum absolute atomic E-state index is 2.33. The molecule has 0 aromatic heterocycles. The molecule has 0 aliphatic heterocycles. The monoisotopic (exact) mass is 192 g/mol. The normalized spacial score (nSPS) is 17.1. The number of hydrogen-bond acceptors (Lipinski definition) is 0. The Balaban J connectivity index is 2.71. The van der Waals surface area contributed by atoms with E-state index < -0.39 is 0 Å². The van der Waals surface area contributed by atoms with Crippen LogP contribution in [0.1, 0.15) is 66.2 Å². The van der Waals surface area contributed by atoms with E-state index in [1.165, 1.54) is 38.5 Å². The molecule has 80 valence electrons. The summed E-state index contributed by atoms with van der Waals surface area (Å²) in [5.74, 6) is 0. The molecule has 0 N–H and O–H groups in total. The molecule has 0 heterocycles. The zero-order valence-electron chi connectivity index (χ0n) is 10.2. The quantitative estimate of drug-likeness (QED) is 0.574. The lowest BCUT2D eigenvalue weighted by molar-refractivity contribution is 0.768. The van der Waals surface area contributed by atoms with Gasteiger partial charge in [0.2, 0.25) is 0 Å². The van der Waals surface area contributed by atoms with Gasteiger partial charge >= 0.3 is 0 Å². The molecule has 1 aliphatic rings. The van der Waals surface area contributed by atoms with Gasteiger partial charge in [-0.25, -0.2) is 0 Å². The first kappa shape index (κ1) is 11.6. The van der Waals surface area contributed by atoms with Crippen LogP contribution in [0.5, 0.6) is 0 Å². The summed E-state index contributed by atoms with van der Waals surface area (Å²) in [6.07, 6.45) is 7.77. The van der Waals surface area contributed by atoms with Gasteiger partial charge < -0.3 is 0 Å². The summed E-state index contributed by atoms with van der Waals surface area (Å²) in [6.45, 7) is 9.19. The topological polar surface area (TPSA) is 0 Å². The van der Waals surface area contributed by atoms with Crippen molar-refractivity contribution >= 4 is 0 Å². The van der Waals surface area contributed by atoms with Crippen molar-refractivity contribution < 1.29 is 0 Å². The van der Waals surface area contributed by atoms with Crippen LogP contribution in [-0.4, -0.2) is 0 Å². The fourth-order valence-electron chi connectivity index (χ4n) is 2.50. The molecule has 1 rings (SSSR count). The molecule has 0 heteroatoms. The van der Waals surface area contributed by atoms with Crippen LogP contribution in [0.2, 0.25) is 0 Å². The van der Waals surface area contributed by atoms with E-state index in [1.54, 1.807) is 22.3 Å². The van der Waals surface area contributed by atoms with Crippen molar-refractivity contribution in [3.05, 3.63) is 22.3 Å². The van der Waals surface area contributed by atoms with E-state index in [2.05, 4.69) is 27.7 Å². The lowest BCUT2D eigenvalue weighted by Gasteiger charge is -2.04. The number of allylic oxidation sites excluding steroid dienone is 4. The molecule has 14 heavy (non-hydrogen) atoms. The van der Waals surface area contributed by atoms with E-state index in [1.807, 2.05) is 0 Å². The Bertz CT molecular complexity index is 253. The van der Waals surface area contributed by atoms with Gasteiger partial charge in [0.05, 0.1) is 0 Å². The van der Waals surface area contributed by atoms with Gasteiger partial charge in [-0.2, -0.15) is 0 Å². The maximum atomic E-state index is 2.33. The molecule has 0 spiro atoms. The lowest BCUT2D eigenvalue weighted by atomic mass is 10.0. The minimum absolute atomic E-state index is 1.23. The number of rotatable bonds is 5. The van der Waals surface area contributed by atoms with E-state index in [0.29, 0.717) is 0 Å². The van der Waals surface area contributed by atoms with Gasteiger partial charge in [0.25, 0.3) is 0 Å². The zero-order valence-corrected chi connectivity index (χ0v) is 10.2. The summed E-state index contributed by atoms with van der Waals surface area (Å²) < 4.78 is 0. The Morgan fingerprint density at radius 1 is 1.00 bits per heavy atom. The van der Waals surface area contributed by atoms with Crippen LogP contribution in [0.3, 0.4) is 0 Å². The van der Waals surface area contributed by atoms with Crippen molar-refractivity contribution in [3.8, 4) is 0 Å². The maximum Gasteiger partial charge on any atom is -0.00968 e. The molecule has 0 nitrogen and oxygen atoms in total. The summed E-state index contributed by atoms with van der Waals surface area (Å²) in [4.78, 5) is 0. The highest BCUT2D eigenvalue weighted by Crippen LogP contribution is 2.37. The smallest absolute Gasteiger partial charge is 0.00968 e. The average molecular weight is 192 g/mol. The van der Waals surface area contributed by atoms with Crippen LogP contribution in [0.4, 0.5) is 0 Å². The fraction of sp³-hybridized carbons (Fsp3) is 0.714. The molecular weight excluding hydrogens is 168 g/mol. The standard InChI is InChI=1S/C14H24/c1-5-8-9-13-10-12(6-2)14(7-3)11(13)4/h5-10H2,1-4H3. The molecule has 0 aromatic rings. The highest BCUT2D eigenvalue weighted by molar-refractivity contribution is 5.45. The first-order valence-electron chi connectivity index (χ1n) is 6.14. The van der Waals surface area contributed by atoms with Crippen LogP contribution >= 0.6 is 0 Å². The van der Waals surface area contributed by atoms with Gasteiger partial charge in [0.1, 0.15) is 0 Å². The van der Waals surface area contributed by atoms with Crippen molar-refractivity contribution in [2.45, 2.75) is 66.2 Å². The second-order valence-electron chi connectivity index (χ2n) is 4.30. The predicted molar refractivity (Wildman–Crippen MR) is 64.5 cm³/mol. The molecule has 0 unspecified atom stereocenters. The predicted octanol–water partition coefficient (Wildman–Crippen LogP) is 5.01. The van der Waals surface area contributed by atoms with Crippen LogP contribution in [-0.2, 0) is 0 Å². The Hall–Kier alpha value is -0.520. The summed E-state index contributed by atoms with van der Waals surface area (Å²) in [5, 5.41) is 0. The Labute approximate surface area is 89.1 Å². The molecule has 0 atom stereocenters. The summed E-state index contributed by atoms with van der Waals surface area (Å²) in [5.41, 5.74) is 6.72. The third kappa shape index (κ3) is 2.29. The van der Waals surface area contributed by atoms with Gasteiger partial charge in [0, 0.05) is 0 Å². The van der Waals surface area contributed by atoms with Crippen molar-refractivity contribution in [1.29, 1.82) is 0 Å². The first-order valence-corrected chi connectivity index (χ1v) is 6.14. The van der Waals surface area contributed by atoms with E-state index in [0.717, 1.165) is 0 Å². The van der Waals surface area contributed by atoms with E-state index in [4.69, 9.17) is 0 Å². The summed E-state index contributed by atoms with van der Waals surface area (Å²) in [7, 11) is 0. The van der Waals surface area contributed by atoms with Gasteiger partial charge in [-0.15, -0.1) is 0 Å². The van der Waals surface area contributed by atoms with E-state index >= 15 is 0 Å². The van der Waals surface area contributed by atoms with Crippen LogP contribution < -0.4 is 0 Å². The molecule has 1 aliphatic carbocycles. The van der Waals surface area contributed by atoms with E-state index in [9.17, 15) is 0 Å². The molecule has 0 bridgehead atoms. The molecule has 0 saturated heterocycles. The van der Waals surface area contributed by atoms with Gasteiger partial charge in [-0.3, -0.25) is 0 Å². The van der Waals surface area contributed by atoms with Gasteiger partial charge in [0.15, 0.2) is 0 Å². The van der Waals surface area contributed by atoms with Crippen molar-refractivity contribution in [2.24, 2.45) is 0 Å². The van der Waals surface area contributed by atoms with Crippen LogP contribution in [0, 0.1) is 0 Å². The second kappa shape index (κ2) is 5.38. The first-order chi connectivity index (χ1) is 6.74. The minimum Gasteiger partial charge on any atom is -0.0654 e. The molecule has 0 amide bonds. The highest BCUT2D eigenvalue weighted by Gasteiger charge is 2.18. The number of unbranched alkanes of at least 4 members (excludes halogenated alkanes) is 1. The molecule has 0 aromatic carbocycles. The molecule has 0 fully saturated rings. The minimum atomic E-state index is 1.23. The van der Waals surface area contributed by atoms with Crippen molar-refractivity contribution in [2.75, 3.05) is 0 Å². The summed E-state index contributed by atoms with van der Waals surface area (Å²) >= 11 is 0. The summed E-state index contributed by atoms with van der Waals surface area (Å²) in [6, 6.07) is 0. The van der Waals surface area contributed by atoms with E-state index in [-0.39, 0.29) is 0 Å². The van der Waals surface area contributed by atoms with Gasteiger partial charge in [-0.1, -0.05) is 38.3 Å². The van der Waals surface area contributed by atoms with Gasteiger partial charge in [-0.05, 0) is 50.2 Å². The largest absolute Gasteiger partial charge is 0.0654 e. The third-order valence-electron chi connectivity index (χ3n) is 3.45. The SMILES string of the molecule is CCCCC1=C(C)C(CC)=C(CC)C1. The average Bonchev–Trinajstić information content (AvgIpc) is 2.51. The Morgan fingerprint density at radius 3 is 2.14 bits per heavy atom. The molecular formula is C14H24. The lowest BCUT2D eigenvalue weighted by Crippen LogP contribution is -1.84. The Kier molecular flexibility index (Phi) is 4.44. The highest BCUT2D eigenvalue weighted by atomic mass is 14.2. The fourth-order valence-corrected chi connectivity index (χ4v) is 2.50. The van der Waals surface area contributed by atoms with Crippen molar-refractivity contribution in [3.63, 3.8) is 0 Å². The number of hydrogen-bond donors (Lipinski definition) is 0. The Morgan fingerprint density at radius 2 is 1.71 bits per heavy atom. The van der Waals surface area contributed by atoms with Crippen LogP contribution in [0.15, 0.2) is 22.3 Å². The van der Waals surface area contributed by atoms with Crippen molar-refractivity contribution in [1.82, 2.24) is 0 Å². The molecule has 0 radical (unpaired) electrons. The third-order valence-corrected chi connectivity index (χ3v) is 3.45. The second-order valence-corrected chi connectivity index (χ2v) is 4.30.